The van der Waals surface area contributed by atoms with Crippen LogP contribution in [0.25, 0.3) is 0 Å². The summed E-state index contributed by atoms with van der Waals surface area (Å²) in [7, 11) is -9.29. The van der Waals surface area contributed by atoms with Gasteiger partial charge in [-0.25, -0.2) is 30.2 Å². The molecule has 0 amide bonds. The Morgan fingerprint density at radius 1 is 0.591 bits per heavy atom. The number of nitrogens with zero attached hydrogens (tertiary/aromatic N) is 2. The molecule has 1 N–H and O–H groups in total. The van der Waals surface area contributed by atoms with Gasteiger partial charge in [0, 0.05) is 11.1 Å². The lowest BCUT2D eigenvalue weighted by molar-refractivity contribution is -0.191. The first kappa shape index (κ1) is 29.8. The normalized spacial score (nSPS) is 15.6. The van der Waals surface area contributed by atoms with Gasteiger partial charge in [0.15, 0.2) is 0 Å². The number of rotatable bonds is 5. The van der Waals surface area contributed by atoms with Gasteiger partial charge < -0.3 is 5.11 Å². The minimum Gasteiger partial charge on any atom is -0.478 e. The maximum atomic E-state index is 14.2. The highest BCUT2D eigenvalue weighted by molar-refractivity contribution is 7.93. The maximum absolute atomic E-state index is 14.2. The molecule has 4 aromatic carbocycles. The van der Waals surface area contributed by atoms with Gasteiger partial charge in [0.25, 0.3) is 20.0 Å². The van der Waals surface area contributed by atoms with Crippen LogP contribution in [0.3, 0.4) is 0 Å². The van der Waals surface area contributed by atoms with Crippen LogP contribution in [0.2, 0.25) is 0 Å². The molecule has 2 aliphatic rings. The van der Waals surface area contributed by atoms with Crippen LogP contribution in [0.5, 0.6) is 0 Å². The number of ketones is 2. The van der Waals surface area contributed by atoms with E-state index in [4.69, 9.17) is 9.59 Å². The SMILES string of the molecule is O=C(O)c1cccc(S(=O)(=O)N2/C(=C3\C(=O)c4ccccc4N3S(=O)(=O)c3ccccc3)C(=O)c3ccccc32)c1.O=C=O. The lowest BCUT2D eigenvalue weighted by atomic mass is 10.1. The molecule has 6 rings (SSSR count). The van der Waals surface area contributed by atoms with E-state index < -0.39 is 53.9 Å². The van der Waals surface area contributed by atoms with E-state index in [1.807, 2.05) is 0 Å². The Hall–Kier alpha value is -5.69. The first-order valence-electron chi connectivity index (χ1n) is 12.5. The Labute approximate surface area is 250 Å². The number of sulfonamides is 2. The molecule has 0 unspecified atom stereocenters. The molecule has 4 aromatic rings. The van der Waals surface area contributed by atoms with E-state index in [0.29, 0.717) is 8.61 Å². The Morgan fingerprint density at radius 2 is 1.00 bits per heavy atom. The van der Waals surface area contributed by atoms with E-state index in [2.05, 4.69) is 0 Å². The lowest BCUT2D eigenvalue weighted by Crippen LogP contribution is -2.36. The number of carbonyl (C=O) groups is 3. The number of carbonyl (C=O) groups excluding carboxylic acids is 4. The third-order valence-corrected chi connectivity index (χ3v) is 10.1. The maximum Gasteiger partial charge on any atom is 0.373 e. The molecule has 12 nitrogen and oxygen atoms in total. The molecule has 0 spiro atoms. The fraction of sp³-hybridized carbons (Fsp3) is 0. The highest BCUT2D eigenvalue weighted by Crippen LogP contribution is 2.46. The number of fused-ring (bicyclic) bond motifs is 2. The van der Waals surface area contributed by atoms with Crippen LogP contribution in [0.4, 0.5) is 11.4 Å². The van der Waals surface area contributed by atoms with E-state index in [1.54, 1.807) is 6.07 Å². The number of anilines is 2. The first-order valence-corrected chi connectivity index (χ1v) is 15.3. The van der Waals surface area contributed by atoms with Gasteiger partial charge in [0.2, 0.25) is 11.6 Å². The van der Waals surface area contributed by atoms with Crippen molar-refractivity contribution in [1.29, 1.82) is 0 Å². The Bertz CT molecular complexity index is 2150. The van der Waals surface area contributed by atoms with Gasteiger partial charge >= 0.3 is 12.1 Å². The number of Topliss-reactive ketones (excluding diaryl/α,β-unsaturated/α-hetero) is 2. The standard InChI is InChI=1S/C29H18N2O8S2.CO2/c32-27-21-13-4-6-15-23(21)30(40(36,37)19-10-2-1-3-11-19)25(27)26-28(33)22-14-5-7-16-24(22)31(26)41(38,39)20-12-8-9-18(17-20)29(34)35;2-1-3/h1-17H,(H,34,35);/b26-25+;. The van der Waals surface area contributed by atoms with Crippen LogP contribution in [0.15, 0.2) is 124 Å². The molecule has 0 aromatic heterocycles. The number of benzene rings is 4. The second kappa shape index (κ2) is 11.2. The van der Waals surface area contributed by atoms with Gasteiger partial charge in [0.05, 0.1) is 26.7 Å². The average molecular weight is 631 g/mol. The summed E-state index contributed by atoms with van der Waals surface area (Å²) in [6.07, 6.45) is 0.250. The van der Waals surface area contributed by atoms with Gasteiger partial charge in [-0.3, -0.25) is 9.59 Å². The molecule has 44 heavy (non-hydrogen) atoms. The number of carboxylic acids is 1. The topological polar surface area (TPSA) is 180 Å². The van der Waals surface area contributed by atoms with Crippen LogP contribution in [0, 0.1) is 0 Å². The van der Waals surface area contributed by atoms with Crippen molar-refractivity contribution in [2.45, 2.75) is 9.79 Å². The predicted molar refractivity (Wildman–Crippen MR) is 153 cm³/mol. The van der Waals surface area contributed by atoms with Gasteiger partial charge in [-0.1, -0.05) is 48.5 Å². The van der Waals surface area contributed by atoms with Crippen LogP contribution in [-0.2, 0) is 29.6 Å². The van der Waals surface area contributed by atoms with Crippen molar-refractivity contribution in [3.05, 3.63) is 131 Å². The molecule has 0 aliphatic carbocycles. The summed E-state index contributed by atoms with van der Waals surface area (Å²) >= 11 is 0. The van der Waals surface area contributed by atoms with Crippen molar-refractivity contribution in [3.8, 4) is 0 Å². The van der Waals surface area contributed by atoms with E-state index >= 15 is 0 Å². The molecule has 0 atom stereocenters. The van der Waals surface area contributed by atoms with Crippen molar-refractivity contribution in [1.82, 2.24) is 0 Å². The predicted octanol–water partition coefficient (Wildman–Crippen LogP) is 3.50. The second-order valence-corrected chi connectivity index (χ2v) is 12.7. The van der Waals surface area contributed by atoms with E-state index in [9.17, 15) is 36.3 Å². The third-order valence-electron chi connectivity index (χ3n) is 6.70. The number of allylic oxidation sites excluding steroid dienone is 2. The van der Waals surface area contributed by atoms with Crippen molar-refractivity contribution in [2.24, 2.45) is 0 Å². The molecule has 220 valence electrons. The minimum atomic E-state index is -4.75. The molecule has 0 radical (unpaired) electrons. The van der Waals surface area contributed by atoms with Crippen LogP contribution >= 0.6 is 0 Å². The number of aromatic carboxylic acids is 1. The van der Waals surface area contributed by atoms with Crippen molar-refractivity contribution in [2.75, 3.05) is 8.61 Å². The Balaban J connectivity index is 0.00000123. The smallest absolute Gasteiger partial charge is 0.373 e. The quantitative estimate of drug-likeness (QED) is 0.321. The molecular weight excluding hydrogens is 612 g/mol. The summed E-state index contributed by atoms with van der Waals surface area (Å²) < 4.78 is 57.7. The van der Waals surface area contributed by atoms with Crippen LogP contribution in [-0.4, -0.2) is 45.6 Å². The van der Waals surface area contributed by atoms with Crippen molar-refractivity contribution >= 4 is 55.1 Å². The average Bonchev–Trinajstić information content (AvgIpc) is 3.49. The van der Waals surface area contributed by atoms with Gasteiger partial charge in [-0.15, -0.1) is 0 Å². The van der Waals surface area contributed by atoms with Crippen LogP contribution < -0.4 is 8.61 Å². The Morgan fingerprint density at radius 3 is 1.48 bits per heavy atom. The highest BCUT2D eigenvalue weighted by Gasteiger charge is 2.50. The zero-order valence-corrected chi connectivity index (χ0v) is 23.8. The number of hydrogen-bond acceptors (Lipinski definition) is 9. The highest BCUT2D eigenvalue weighted by atomic mass is 32.2. The fourth-order valence-electron chi connectivity index (χ4n) is 4.87. The summed E-state index contributed by atoms with van der Waals surface area (Å²) in [5.41, 5.74) is -1.93. The van der Waals surface area contributed by atoms with E-state index in [-0.39, 0.29) is 39.1 Å². The van der Waals surface area contributed by atoms with Crippen molar-refractivity contribution in [3.63, 3.8) is 0 Å². The molecule has 2 aliphatic heterocycles. The summed E-state index contributed by atoms with van der Waals surface area (Å²) in [6, 6.07) is 23.3. The largest absolute Gasteiger partial charge is 0.478 e. The zero-order valence-electron chi connectivity index (χ0n) is 22.1. The third kappa shape index (κ3) is 4.68. The number of hydrogen-bond donors (Lipinski definition) is 1. The second-order valence-electron chi connectivity index (χ2n) is 9.16. The zero-order chi connectivity index (χ0) is 31.8. The lowest BCUT2D eigenvalue weighted by Gasteiger charge is -2.26. The van der Waals surface area contributed by atoms with Gasteiger partial charge in [-0.2, -0.15) is 9.59 Å². The molecule has 0 saturated carbocycles. The minimum absolute atomic E-state index is 0.0384. The molecule has 0 bridgehead atoms. The monoisotopic (exact) mass is 630 g/mol. The Kier molecular flexibility index (Phi) is 7.57. The van der Waals surface area contributed by atoms with E-state index in [1.165, 1.54) is 84.9 Å². The molecule has 14 heteroatoms. The number of para-hydroxylation sites is 2. The fourth-order valence-corrected chi connectivity index (χ4v) is 7.97. The summed E-state index contributed by atoms with van der Waals surface area (Å²) in [4.78, 5) is 55.0. The summed E-state index contributed by atoms with van der Waals surface area (Å²) in [6.45, 7) is 0. The van der Waals surface area contributed by atoms with Gasteiger partial charge in [-0.05, 0) is 54.6 Å². The molecule has 0 fully saturated rings. The summed E-state index contributed by atoms with van der Waals surface area (Å²) in [5, 5.41) is 9.44. The number of carboxylic acid groups (broad SMARTS) is 1. The van der Waals surface area contributed by atoms with Crippen molar-refractivity contribution < 1.29 is 45.9 Å². The first-order chi connectivity index (χ1) is 21.0. The van der Waals surface area contributed by atoms with Crippen LogP contribution in [0.1, 0.15) is 31.1 Å². The van der Waals surface area contributed by atoms with E-state index in [0.717, 1.165) is 12.1 Å². The summed E-state index contributed by atoms with van der Waals surface area (Å²) in [5.74, 6) is -3.13. The van der Waals surface area contributed by atoms with Gasteiger partial charge in [0.1, 0.15) is 11.4 Å². The molecular formula is C30H18N2O10S2. The molecule has 2 heterocycles. The molecule has 0 saturated heterocycles.